The van der Waals surface area contributed by atoms with Crippen molar-refractivity contribution in [2.75, 3.05) is 13.2 Å². The first kappa shape index (κ1) is 20.1. The van der Waals surface area contributed by atoms with Crippen LogP contribution >= 0.6 is 0 Å². The first-order valence-electron chi connectivity index (χ1n) is 11.1. The number of cyclic esters (lactones) is 1. The fraction of sp³-hybridized carbons (Fsp3) is 0.818. The average Bonchev–Trinajstić information content (AvgIpc) is 3.36. The molecule has 9 nitrogen and oxygen atoms in total. The maximum Gasteiger partial charge on any atom is 0.419 e. The fourth-order valence-corrected chi connectivity index (χ4v) is 6.53. The van der Waals surface area contributed by atoms with Crippen LogP contribution in [0.4, 0.5) is 4.79 Å². The molecule has 0 aromatic rings. The molecular weight excluding hydrogens is 406 g/mol. The molecule has 2 aliphatic carbocycles. The molecule has 0 aromatic heterocycles. The fourth-order valence-electron chi connectivity index (χ4n) is 6.53. The van der Waals surface area contributed by atoms with E-state index in [-0.39, 0.29) is 36.9 Å². The minimum atomic E-state index is -1.60. The Kier molecular flexibility index (Phi) is 3.81. The molecule has 0 aromatic carbocycles. The third-order valence-corrected chi connectivity index (χ3v) is 7.69. The average molecular weight is 435 g/mol. The molecule has 4 aliphatic heterocycles. The van der Waals surface area contributed by atoms with Crippen LogP contribution in [0.15, 0.2) is 12.2 Å². The van der Waals surface area contributed by atoms with Crippen LogP contribution < -0.4 is 0 Å². The van der Waals surface area contributed by atoms with E-state index in [0.717, 1.165) is 11.3 Å². The predicted octanol–water partition coefficient (Wildman–Crippen LogP) is 2.15. The summed E-state index contributed by atoms with van der Waals surface area (Å²) < 4.78 is 36.5. The first-order chi connectivity index (χ1) is 14.5. The Labute approximate surface area is 180 Å². The highest BCUT2D eigenvalue weighted by Crippen LogP contribution is 2.60. The Hall–Kier alpha value is -1.52. The molecule has 4 saturated heterocycles. The Morgan fingerprint density at radius 2 is 1.81 bits per heavy atom. The van der Waals surface area contributed by atoms with Crippen LogP contribution in [0.2, 0.25) is 0 Å². The summed E-state index contributed by atoms with van der Waals surface area (Å²) in [6.45, 7) is 9.14. The second-order valence-corrected chi connectivity index (χ2v) is 10.5. The van der Waals surface area contributed by atoms with Crippen LogP contribution in [0, 0.1) is 23.7 Å². The van der Waals surface area contributed by atoms with Crippen molar-refractivity contribution in [2.45, 2.75) is 76.3 Å². The SMILES string of the molecule is C[C@H]1[C@H](C(=O)N2C(=O)OC[C@@]34O[C@H]5COC(C)(C)O[C@H]5[C@@]23OC(C)(C)O4)[C@@H]2C=C[C@H]1C2. The van der Waals surface area contributed by atoms with E-state index in [1.54, 1.807) is 27.7 Å². The molecule has 170 valence electrons. The number of carbonyl (C=O) groups excluding carboxylic acids is 2. The number of carbonyl (C=O) groups is 2. The predicted molar refractivity (Wildman–Crippen MR) is 103 cm³/mol. The lowest BCUT2D eigenvalue weighted by atomic mass is 9.82. The van der Waals surface area contributed by atoms with Crippen LogP contribution in [0.1, 0.15) is 41.0 Å². The van der Waals surface area contributed by atoms with Gasteiger partial charge in [0.05, 0.1) is 6.61 Å². The zero-order valence-corrected chi connectivity index (χ0v) is 18.5. The van der Waals surface area contributed by atoms with Gasteiger partial charge in [0, 0.05) is 5.92 Å². The Balaban J connectivity index is 1.48. The normalized spacial score (nSPS) is 50.7. The summed E-state index contributed by atoms with van der Waals surface area (Å²) in [6, 6.07) is 0. The van der Waals surface area contributed by atoms with Crippen LogP contribution in [0.5, 0.6) is 0 Å². The van der Waals surface area contributed by atoms with E-state index in [9.17, 15) is 9.59 Å². The molecule has 4 heterocycles. The third kappa shape index (κ3) is 2.44. The molecule has 6 rings (SSSR count). The molecule has 5 fully saturated rings. The molecule has 9 heteroatoms. The van der Waals surface area contributed by atoms with Crippen molar-refractivity contribution in [2.24, 2.45) is 23.7 Å². The summed E-state index contributed by atoms with van der Waals surface area (Å²) in [5.74, 6) is -3.67. The van der Waals surface area contributed by atoms with E-state index in [1.807, 2.05) is 0 Å². The van der Waals surface area contributed by atoms with Gasteiger partial charge in [-0.1, -0.05) is 19.1 Å². The number of rotatable bonds is 1. The van der Waals surface area contributed by atoms with Crippen molar-refractivity contribution in [3.63, 3.8) is 0 Å². The van der Waals surface area contributed by atoms with Gasteiger partial charge in [-0.3, -0.25) is 4.79 Å². The second-order valence-electron chi connectivity index (χ2n) is 10.5. The van der Waals surface area contributed by atoms with Gasteiger partial charge in [-0.05, 0) is 51.9 Å². The van der Waals surface area contributed by atoms with E-state index >= 15 is 0 Å². The zero-order valence-electron chi connectivity index (χ0n) is 18.5. The monoisotopic (exact) mass is 435 g/mol. The van der Waals surface area contributed by atoms with Gasteiger partial charge < -0.3 is 28.4 Å². The minimum absolute atomic E-state index is 0.0912. The van der Waals surface area contributed by atoms with Crippen molar-refractivity contribution in [3.05, 3.63) is 12.2 Å². The second kappa shape index (κ2) is 5.88. The summed E-state index contributed by atoms with van der Waals surface area (Å²) in [7, 11) is 0. The van der Waals surface area contributed by atoms with Crippen molar-refractivity contribution in [3.8, 4) is 0 Å². The lowest BCUT2D eigenvalue weighted by Gasteiger charge is -2.50. The highest BCUT2D eigenvalue weighted by molar-refractivity contribution is 5.96. The van der Waals surface area contributed by atoms with Crippen LogP contribution in [-0.2, 0) is 33.2 Å². The van der Waals surface area contributed by atoms with Gasteiger partial charge in [0.2, 0.25) is 11.6 Å². The van der Waals surface area contributed by atoms with Crippen LogP contribution in [0.3, 0.4) is 0 Å². The summed E-state index contributed by atoms with van der Waals surface area (Å²) in [6.07, 6.45) is 3.07. The van der Waals surface area contributed by atoms with Crippen molar-refractivity contribution in [1.82, 2.24) is 4.90 Å². The number of amides is 2. The number of imide groups is 1. The summed E-state index contributed by atoms with van der Waals surface area (Å²) >= 11 is 0. The van der Waals surface area contributed by atoms with Crippen LogP contribution in [-0.4, -0.2) is 65.4 Å². The molecule has 6 aliphatic rings. The number of ether oxygens (including phenoxy) is 6. The summed E-state index contributed by atoms with van der Waals surface area (Å²) in [5.41, 5.74) is -1.60. The topological polar surface area (TPSA) is 92.8 Å². The number of fused-ring (bicyclic) bond motifs is 3. The van der Waals surface area contributed by atoms with Gasteiger partial charge in [0.15, 0.2) is 18.2 Å². The highest BCUT2D eigenvalue weighted by Gasteiger charge is 2.83. The van der Waals surface area contributed by atoms with E-state index in [4.69, 9.17) is 28.4 Å². The van der Waals surface area contributed by atoms with Gasteiger partial charge in [-0.15, -0.1) is 0 Å². The van der Waals surface area contributed by atoms with Gasteiger partial charge in [-0.25, -0.2) is 9.69 Å². The van der Waals surface area contributed by atoms with Crippen LogP contribution in [0.25, 0.3) is 0 Å². The Bertz CT molecular complexity index is 885. The lowest BCUT2D eigenvalue weighted by Crippen LogP contribution is -2.75. The molecular formula is C22H29NO8. The summed E-state index contributed by atoms with van der Waals surface area (Å²) in [5, 5.41) is 0. The van der Waals surface area contributed by atoms with Gasteiger partial charge in [0.25, 0.3) is 5.79 Å². The van der Waals surface area contributed by atoms with E-state index in [2.05, 4.69) is 19.1 Å². The number of hydrogen-bond acceptors (Lipinski definition) is 8. The zero-order chi connectivity index (χ0) is 22.0. The molecule has 8 atom stereocenters. The maximum atomic E-state index is 14.0. The van der Waals surface area contributed by atoms with Crippen molar-refractivity contribution >= 4 is 12.0 Å². The van der Waals surface area contributed by atoms with Gasteiger partial charge in [-0.2, -0.15) is 0 Å². The van der Waals surface area contributed by atoms with Crippen molar-refractivity contribution < 1.29 is 38.0 Å². The summed E-state index contributed by atoms with van der Waals surface area (Å²) in [4.78, 5) is 28.4. The molecule has 2 bridgehead atoms. The molecule has 0 radical (unpaired) electrons. The Morgan fingerprint density at radius 1 is 1.06 bits per heavy atom. The highest BCUT2D eigenvalue weighted by atomic mass is 16.9. The maximum absolute atomic E-state index is 14.0. The van der Waals surface area contributed by atoms with E-state index in [0.29, 0.717) is 5.92 Å². The standard InChI is InChI=1S/C22H29NO8/c1-11-12-6-7-13(8-12)15(11)17(24)23-18(25)26-10-21-22(23,31-20(4,5)30-21)16-14(28-21)9-27-19(2,3)29-16/h6-7,11-16H,8-10H2,1-5H3/t11-,12+,13-,14+,15+,16-,21+,22+/m1/s1. The largest absolute Gasteiger partial charge is 0.443 e. The molecule has 0 spiro atoms. The van der Waals surface area contributed by atoms with Crippen molar-refractivity contribution in [1.29, 1.82) is 0 Å². The van der Waals surface area contributed by atoms with Gasteiger partial charge in [0.1, 0.15) is 12.2 Å². The molecule has 1 saturated carbocycles. The molecule has 31 heavy (non-hydrogen) atoms. The Morgan fingerprint density at radius 3 is 2.52 bits per heavy atom. The van der Waals surface area contributed by atoms with Gasteiger partial charge >= 0.3 is 6.09 Å². The number of nitrogens with zero attached hydrogens (tertiary/aromatic N) is 1. The molecule has 0 N–H and O–H groups in total. The first-order valence-corrected chi connectivity index (χ1v) is 11.1. The minimum Gasteiger partial charge on any atom is -0.443 e. The number of hydrogen-bond donors (Lipinski definition) is 0. The third-order valence-electron chi connectivity index (χ3n) is 7.69. The number of allylic oxidation sites excluding steroid dienone is 2. The van der Waals surface area contributed by atoms with E-state index in [1.165, 1.54) is 0 Å². The quantitative estimate of drug-likeness (QED) is 0.579. The molecule has 2 amide bonds. The smallest absolute Gasteiger partial charge is 0.419 e. The lowest BCUT2D eigenvalue weighted by molar-refractivity contribution is -0.337. The molecule has 0 unspecified atom stereocenters. The van der Waals surface area contributed by atoms with E-state index < -0.39 is 41.4 Å².